The van der Waals surface area contributed by atoms with Crippen LogP contribution < -0.4 is 0 Å². The quantitative estimate of drug-likeness (QED) is 0.0261. The van der Waals surface area contributed by atoms with Crippen molar-refractivity contribution in [2.45, 2.75) is 361 Å². The molecule has 0 heterocycles. The lowest BCUT2D eigenvalue weighted by Crippen LogP contribution is -2.30. The van der Waals surface area contributed by atoms with E-state index in [1.54, 1.807) is 0 Å². The SMILES string of the molecule is CCCCCCC/C=C\C/C=C\C/C=C\CCCCCCCCCCCCC(=O)OCC(COC(=O)CCCCCCCCC/C=C\CCCCCCCC)OC(=O)CCCCCCCCC/C=C\CCCCCCCC. The number of hydrogen-bond acceptors (Lipinski definition) is 6. The first kappa shape index (κ1) is 74.1. The Labute approximate surface area is 479 Å². The van der Waals surface area contributed by atoms with E-state index in [0.717, 1.165) is 70.6 Å². The molecule has 0 aliphatic carbocycles. The second kappa shape index (κ2) is 65.6. The second-order valence-electron chi connectivity index (χ2n) is 22.7. The summed E-state index contributed by atoms with van der Waals surface area (Å²) in [7, 11) is 0. The maximum absolute atomic E-state index is 12.9. The molecular formula is C71H128O6. The van der Waals surface area contributed by atoms with Crippen LogP contribution in [0.2, 0.25) is 0 Å². The average molecular weight is 1080 g/mol. The molecule has 77 heavy (non-hydrogen) atoms. The fourth-order valence-corrected chi connectivity index (χ4v) is 9.85. The van der Waals surface area contributed by atoms with E-state index in [9.17, 15) is 14.4 Å². The molecule has 6 nitrogen and oxygen atoms in total. The summed E-state index contributed by atoms with van der Waals surface area (Å²) in [5.74, 6) is -0.870. The first-order valence-electron chi connectivity index (χ1n) is 33.8. The zero-order chi connectivity index (χ0) is 55.7. The van der Waals surface area contributed by atoms with Crippen LogP contribution in [0, 0.1) is 0 Å². The topological polar surface area (TPSA) is 78.9 Å². The van der Waals surface area contributed by atoms with Crippen LogP contribution in [0.5, 0.6) is 0 Å². The molecule has 0 radical (unpaired) electrons. The van der Waals surface area contributed by atoms with Crippen molar-refractivity contribution in [3.63, 3.8) is 0 Å². The van der Waals surface area contributed by atoms with Gasteiger partial charge in [-0.05, 0) is 109 Å². The van der Waals surface area contributed by atoms with Crippen molar-refractivity contribution >= 4 is 17.9 Å². The van der Waals surface area contributed by atoms with E-state index in [1.165, 1.54) is 244 Å². The van der Waals surface area contributed by atoms with Crippen molar-refractivity contribution in [3.05, 3.63) is 60.8 Å². The van der Waals surface area contributed by atoms with Gasteiger partial charge in [0, 0.05) is 19.3 Å². The fourth-order valence-electron chi connectivity index (χ4n) is 9.85. The standard InChI is InChI=1S/C71H128O6/c1-4-7-10-13-16-19-22-25-28-31-32-33-34-35-36-37-38-41-43-46-49-52-55-58-61-64-70(73)76-67-68(77-71(74)65-62-59-56-53-50-47-44-40-30-27-24-21-18-15-12-9-6-3)66-75-69(72)63-60-57-54-51-48-45-42-39-29-26-23-20-17-14-11-8-5-2/h22,25-27,29-32,34-35,68H,4-21,23-24,28,33,36-67H2,1-3H3/b25-22-,29-26-,30-27-,32-31-,35-34-. The number of allylic oxidation sites excluding steroid dienone is 10. The van der Waals surface area contributed by atoms with E-state index in [-0.39, 0.29) is 31.1 Å². The molecule has 0 aromatic heterocycles. The smallest absolute Gasteiger partial charge is 0.306 e. The van der Waals surface area contributed by atoms with Crippen LogP contribution in [0.1, 0.15) is 355 Å². The highest BCUT2D eigenvalue weighted by atomic mass is 16.6. The molecule has 0 aromatic rings. The Hall–Kier alpha value is -2.89. The molecule has 448 valence electrons. The Bertz CT molecular complexity index is 1380. The Morgan fingerprint density at radius 1 is 0.260 bits per heavy atom. The predicted octanol–water partition coefficient (Wildman–Crippen LogP) is 23.1. The Morgan fingerprint density at radius 2 is 0.468 bits per heavy atom. The molecule has 0 saturated carbocycles. The highest BCUT2D eigenvalue weighted by Crippen LogP contribution is 2.17. The summed E-state index contributed by atoms with van der Waals surface area (Å²) in [6, 6.07) is 0. The van der Waals surface area contributed by atoms with Crippen LogP contribution >= 0.6 is 0 Å². The van der Waals surface area contributed by atoms with E-state index in [0.29, 0.717) is 19.3 Å². The first-order chi connectivity index (χ1) is 38.0. The average Bonchev–Trinajstić information content (AvgIpc) is 3.43. The van der Waals surface area contributed by atoms with Gasteiger partial charge in [0.2, 0.25) is 0 Å². The van der Waals surface area contributed by atoms with Crippen LogP contribution in [0.15, 0.2) is 60.8 Å². The van der Waals surface area contributed by atoms with Crippen molar-refractivity contribution in [1.29, 1.82) is 0 Å². The highest BCUT2D eigenvalue weighted by Gasteiger charge is 2.19. The van der Waals surface area contributed by atoms with Crippen molar-refractivity contribution < 1.29 is 28.6 Å². The summed E-state index contributed by atoms with van der Waals surface area (Å²) in [6.45, 7) is 6.66. The number of rotatable bonds is 62. The zero-order valence-electron chi connectivity index (χ0n) is 51.5. The van der Waals surface area contributed by atoms with E-state index >= 15 is 0 Å². The summed E-state index contributed by atoms with van der Waals surface area (Å²) < 4.78 is 17.0. The van der Waals surface area contributed by atoms with Crippen molar-refractivity contribution in [1.82, 2.24) is 0 Å². The molecule has 0 aliphatic heterocycles. The molecule has 0 bridgehead atoms. The molecule has 0 N–H and O–H groups in total. The number of carbonyl (C=O) groups is 3. The summed E-state index contributed by atoms with van der Waals surface area (Å²) in [4.78, 5) is 38.4. The zero-order valence-corrected chi connectivity index (χ0v) is 51.5. The highest BCUT2D eigenvalue weighted by molar-refractivity contribution is 5.71. The molecule has 0 saturated heterocycles. The van der Waals surface area contributed by atoms with E-state index in [2.05, 4.69) is 81.5 Å². The van der Waals surface area contributed by atoms with Gasteiger partial charge in [-0.2, -0.15) is 0 Å². The fraction of sp³-hybridized carbons (Fsp3) is 0.817. The maximum Gasteiger partial charge on any atom is 0.306 e. The van der Waals surface area contributed by atoms with Gasteiger partial charge in [-0.3, -0.25) is 14.4 Å². The van der Waals surface area contributed by atoms with Gasteiger partial charge in [-0.1, -0.05) is 287 Å². The number of hydrogen-bond donors (Lipinski definition) is 0. The predicted molar refractivity (Wildman–Crippen MR) is 335 cm³/mol. The van der Waals surface area contributed by atoms with Gasteiger partial charge >= 0.3 is 17.9 Å². The van der Waals surface area contributed by atoms with Crippen molar-refractivity contribution in [2.24, 2.45) is 0 Å². The molecule has 0 rings (SSSR count). The molecule has 0 fully saturated rings. The lowest BCUT2D eigenvalue weighted by Gasteiger charge is -2.18. The minimum absolute atomic E-state index is 0.0772. The van der Waals surface area contributed by atoms with Gasteiger partial charge < -0.3 is 14.2 Å². The van der Waals surface area contributed by atoms with Crippen molar-refractivity contribution in [3.8, 4) is 0 Å². The van der Waals surface area contributed by atoms with Gasteiger partial charge in [0.05, 0.1) is 0 Å². The largest absolute Gasteiger partial charge is 0.462 e. The molecule has 0 aromatic carbocycles. The number of unbranched alkanes of at least 4 members (excludes halogenated alkanes) is 41. The van der Waals surface area contributed by atoms with Crippen LogP contribution in [0.3, 0.4) is 0 Å². The summed E-state index contributed by atoms with van der Waals surface area (Å²) in [5.41, 5.74) is 0. The molecule has 0 spiro atoms. The van der Waals surface area contributed by atoms with Crippen LogP contribution in [-0.2, 0) is 28.6 Å². The van der Waals surface area contributed by atoms with Gasteiger partial charge in [0.25, 0.3) is 0 Å². The third kappa shape index (κ3) is 63.8. The minimum atomic E-state index is -0.781. The Morgan fingerprint density at radius 3 is 0.740 bits per heavy atom. The van der Waals surface area contributed by atoms with Gasteiger partial charge in [-0.15, -0.1) is 0 Å². The second-order valence-corrected chi connectivity index (χ2v) is 22.7. The third-order valence-electron chi connectivity index (χ3n) is 15.0. The van der Waals surface area contributed by atoms with Crippen LogP contribution in [0.4, 0.5) is 0 Å². The normalized spacial score (nSPS) is 12.4. The van der Waals surface area contributed by atoms with Crippen LogP contribution in [0.25, 0.3) is 0 Å². The molecule has 0 amide bonds. The lowest BCUT2D eigenvalue weighted by atomic mass is 10.1. The van der Waals surface area contributed by atoms with Crippen LogP contribution in [-0.4, -0.2) is 37.2 Å². The number of esters is 3. The molecule has 6 heteroatoms. The number of ether oxygens (including phenoxy) is 3. The maximum atomic E-state index is 12.9. The van der Waals surface area contributed by atoms with E-state index < -0.39 is 6.10 Å². The van der Waals surface area contributed by atoms with Gasteiger partial charge in [0.1, 0.15) is 13.2 Å². The van der Waals surface area contributed by atoms with Gasteiger partial charge in [0.15, 0.2) is 6.10 Å². The summed E-state index contributed by atoms with van der Waals surface area (Å²) in [5, 5.41) is 0. The Kier molecular flexibility index (Phi) is 63.2. The first-order valence-corrected chi connectivity index (χ1v) is 33.8. The molecular weight excluding hydrogens is 949 g/mol. The lowest BCUT2D eigenvalue weighted by molar-refractivity contribution is -0.167. The Balaban J connectivity index is 4.33. The summed E-state index contributed by atoms with van der Waals surface area (Å²) >= 11 is 0. The van der Waals surface area contributed by atoms with E-state index in [4.69, 9.17) is 14.2 Å². The molecule has 1 unspecified atom stereocenters. The molecule has 1 atom stereocenters. The third-order valence-corrected chi connectivity index (χ3v) is 15.0. The number of carbonyl (C=O) groups excluding carboxylic acids is 3. The van der Waals surface area contributed by atoms with E-state index in [1.807, 2.05) is 0 Å². The monoisotopic (exact) mass is 1080 g/mol. The summed E-state index contributed by atoms with van der Waals surface area (Å²) in [6.07, 6.45) is 83.7. The van der Waals surface area contributed by atoms with Crippen molar-refractivity contribution in [2.75, 3.05) is 13.2 Å². The molecule has 0 aliphatic rings. The van der Waals surface area contributed by atoms with Gasteiger partial charge in [-0.25, -0.2) is 0 Å². The minimum Gasteiger partial charge on any atom is -0.462 e.